The normalized spacial score (nSPS) is 18.3. The molecule has 5 heteroatoms. The number of rotatable bonds is 7. The molecular formula is C15H22N2O3. The van der Waals surface area contributed by atoms with Crippen LogP contribution in [0.15, 0.2) is 24.3 Å². The molecule has 1 aromatic carbocycles. The molecule has 0 bridgehead atoms. The quantitative estimate of drug-likeness (QED) is 0.615. The van der Waals surface area contributed by atoms with Crippen molar-refractivity contribution in [2.75, 3.05) is 19.8 Å². The highest BCUT2D eigenvalue weighted by Crippen LogP contribution is 2.28. The molecule has 110 valence electrons. The monoisotopic (exact) mass is 278 g/mol. The third-order valence-corrected chi connectivity index (χ3v) is 3.74. The van der Waals surface area contributed by atoms with Crippen molar-refractivity contribution in [3.8, 4) is 0 Å². The second-order valence-corrected chi connectivity index (χ2v) is 5.88. The highest BCUT2D eigenvalue weighted by Gasteiger charge is 2.33. The Kier molecular flexibility index (Phi) is 4.73. The van der Waals surface area contributed by atoms with Crippen molar-refractivity contribution in [1.82, 2.24) is 5.32 Å². The summed E-state index contributed by atoms with van der Waals surface area (Å²) in [6.45, 7) is 6.77. The Morgan fingerprint density at radius 2 is 2.25 bits per heavy atom. The Morgan fingerprint density at radius 3 is 2.80 bits per heavy atom. The summed E-state index contributed by atoms with van der Waals surface area (Å²) in [5.41, 5.74) is 1.35. The zero-order chi connectivity index (χ0) is 14.6. The van der Waals surface area contributed by atoms with Crippen molar-refractivity contribution in [3.05, 3.63) is 39.9 Å². The van der Waals surface area contributed by atoms with E-state index in [1.807, 2.05) is 6.07 Å². The van der Waals surface area contributed by atoms with E-state index in [9.17, 15) is 10.1 Å². The zero-order valence-electron chi connectivity index (χ0n) is 12.1. The van der Waals surface area contributed by atoms with Gasteiger partial charge in [-0.2, -0.15) is 0 Å². The molecule has 0 aromatic heterocycles. The minimum atomic E-state index is -0.340. The summed E-state index contributed by atoms with van der Waals surface area (Å²) in [7, 11) is 0. The maximum Gasteiger partial charge on any atom is 0.269 e. The molecule has 0 radical (unpaired) electrons. The van der Waals surface area contributed by atoms with Crippen molar-refractivity contribution in [1.29, 1.82) is 0 Å². The molecule has 2 rings (SSSR count). The van der Waals surface area contributed by atoms with Gasteiger partial charge in [-0.1, -0.05) is 32.4 Å². The van der Waals surface area contributed by atoms with Gasteiger partial charge in [-0.25, -0.2) is 0 Å². The fourth-order valence-corrected chi connectivity index (χ4v) is 2.45. The molecule has 1 aliphatic heterocycles. The summed E-state index contributed by atoms with van der Waals surface area (Å²) >= 11 is 0. The predicted molar refractivity (Wildman–Crippen MR) is 77.7 cm³/mol. The first-order valence-corrected chi connectivity index (χ1v) is 7.09. The standard InChI is InChI=1S/C15H22N2O3/c1-3-5-14(16-9-15(2)10-20-11-15)12-6-4-7-13(8-12)17(18)19/h4,6-8,14,16H,3,5,9-11H2,1-2H3. The SMILES string of the molecule is CCCC(NCC1(C)COC1)c1cccc([N+](=O)[O-])c1. The van der Waals surface area contributed by atoms with Gasteiger partial charge in [0.15, 0.2) is 0 Å². The van der Waals surface area contributed by atoms with E-state index in [4.69, 9.17) is 4.74 Å². The van der Waals surface area contributed by atoms with Crippen LogP contribution in [0.2, 0.25) is 0 Å². The summed E-state index contributed by atoms with van der Waals surface area (Å²) in [6.07, 6.45) is 2.01. The Balaban J connectivity index is 2.06. The number of nitrogens with zero attached hydrogens (tertiary/aromatic N) is 1. The lowest BCUT2D eigenvalue weighted by atomic mass is 9.88. The van der Waals surface area contributed by atoms with Crippen LogP contribution in [0.25, 0.3) is 0 Å². The smallest absolute Gasteiger partial charge is 0.269 e. The average molecular weight is 278 g/mol. The van der Waals surface area contributed by atoms with E-state index < -0.39 is 0 Å². The van der Waals surface area contributed by atoms with Gasteiger partial charge in [0, 0.05) is 30.1 Å². The lowest BCUT2D eigenvalue weighted by Gasteiger charge is -2.39. The molecule has 20 heavy (non-hydrogen) atoms. The van der Waals surface area contributed by atoms with Gasteiger partial charge < -0.3 is 10.1 Å². The maximum absolute atomic E-state index is 10.9. The summed E-state index contributed by atoms with van der Waals surface area (Å²) in [4.78, 5) is 10.5. The molecular weight excluding hydrogens is 256 g/mol. The van der Waals surface area contributed by atoms with Crippen molar-refractivity contribution >= 4 is 5.69 Å². The third kappa shape index (κ3) is 3.55. The van der Waals surface area contributed by atoms with E-state index in [2.05, 4.69) is 19.2 Å². The first-order chi connectivity index (χ1) is 9.54. The molecule has 0 saturated carbocycles. The molecule has 0 aliphatic carbocycles. The Bertz CT molecular complexity index is 472. The van der Waals surface area contributed by atoms with Gasteiger partial charge in [0.2, 0.25) is 0 Å². The van der Waals surface area contributed by atoms with Crippen LogP contribution in [-0.4, -0.2) is 24.7 Å². The molecule has 1 N–H and O–H groups in total. The van der Waals surface area contributed by atoms with Crippen molar-refractivity contribution in [2.45, 2.75) is 32.7 Å². The van der Waals surface area contributed by atoms with Gasteiger partial charge in [-0.3, -0.25) is 10.1 Å². The highest BCUT2D eigenvalue weighted by molar-refractivity contribution is 5.35. The van der Waals surface area contributed by atoms with Crippen LogP contribution < -0.4 is 5.32 Å². The largest absolute Gasteiger partial charge is 0.380 e. The van der Waals surface area contributed by atoms with E-state index in [0.717, 1.165) is 38.2 Å². The number of hydrogen-bond acceptors (Lipinski definition) is 4. The molecule has 1 aromatic rings. The van der Waals surface area contributed by atoms with E-state index in [1.165, 1.54) is 6.07 Å². The van der Waals surface area contributed by atoms with E-state index >= 15 is 0 Å². The lowest BCUT2D eigenvalue weighted by Crippen LogP contribution is -2.48. The molecule has 0 amide bonds. The van der Waals surface area contributed by atoms with E-state index in [0.29, 0.717) is 0 Å². The number of non-ortho nitro benzene ring substituents is 1. The highest BCUT2D eigenvalue weighted by atomic mass is 16.6. The lowest BCUT2D eigenvalue weighted by molar-refractivity contribution is -0.384. The summed E-state index contributed by atoms with van der Waals surface area (Å²) < 4.78 is 5.26. The molecule has 1 unspecified atom stereocenters. The topological polar surface area (TPSA) is 64.4 Å². The second-order valence-electron chi connectivity index (χ2n) is 5.88. The Hall–Kier alpha value is -1.46. The molecule has 5 nitrogen and oxygen atoms in total. The molecule has 1 aliphatic rings. The van der Waals surface area contributed by atoms with Gasteiger partial charge >= 0.3 is 0 Å². The second kappa shape index (κ2) is 6.33. The molecule has 1 saturated heterocycles. The van der Waals surface area contributed by atoms with Gasteiger partial charge in [0.25, 0.3) is 5.69 Å². The van der Waals surface area contributed by atoms with Crippen LogP contribution in [0.1, 0.15) is 38.3 Å². The van der Waals surface area contributed by atoms with E-state index in [1.54, 1.807) is 12.1 Å². The average Bonchev–Trinajstić information content (AvgIpc) is 2.41. The molecule has 0 spiro atoms. The fraction of sp³-hybridized carbons (Fsp3) is 0.600. The number of benzene rings is 1. The first-order valence-electron chi connectivity index (χ1n) is 7.09. The molecule has 1 atom stereocenters. The predicted octanol–water partition coefficient (Wildman–Crippen LogP) is 3.06. The van der Waals surface area contributed by atoms with Gasteiger partial charge in [-0.15, -0.1) is 0 Å². The zero-order valence-corrected chi connectivity index (χ0v) is 12.1. The van der Waals surface area contributed by atoms with Crippen LogP contribution in [0.3, 0.4) is 0 Å². The van der Waals surface area contributed by atoms with Crippen LogP contribution >= 0.6 is 0 Å². The summed E-state index contributed by atoms with van der Waals surface area (Å²) in [6, 6.07) is 7.09. The third-order valence-electron chi connectivity index (χ3n) is 3.74. The van der Waals surface area contributed by atoms with Crippen molar-refractivity contribution in [3.63, 3.8) is 0 Å². The van der Waals surface area contributed by atoms with Crippen LogP contribution in [-0.2, 0) is 4.74 Å². The van der Waals surface area contributed by atoms with Gasteiger partial charge in [0.05, 0.1) is 18.1 Å². The number of nitro groups is 1. The van der Waals surface area contributed by atoms with Crippen LogP contribution in [0.5, 0.6) is 0 Å². The number of ether oxygens (including phenoxy) is 1. The number of hydrogen-bond donors (Lipinski definition) is 1. The van der Waals surface area contributed by atoms with E-state index in [-0.39, 0.29) is 22.1 Å². The summed E-state index contributed by atoms with van der Waals surface area (Å²) in [5, 5.41) is 14.4. The minimum absolute atomic E-state index is 0.156. The Labute approximate surface area is 119 Å². The molecule has 1 fully saturated rings. The van der Waals surface area contributed by atoms with Crippen LogP contribution in [0.4, 0.5) is 5.69 Å². The maximum atomic E-state index is 10.9. The van der Waals surface area contributed by atoms with Gasteiger partial charge in [-0.05, 0) is 12.0 Å². The van der Waals surface area contributed by atoms with Crippen molar-refractivity contribution < 1.29 is 9.66 Å². The Morgan fingerprint density at radius 1 is 1.50 bits per heavy atom. The minimum Gasteiger partial charge on any atom is -0.380 e. The first kappa shape index (κ1) is 14.9. The van der Waals surface area contributed by atoms with Crippen molar-refractivity contribution in [2.24, 2.45) is 5.41 Å². The number of nitro benzene ring substituents is 1. The number of nitrogens with one attached hydrogen (secondary N) is 1. The van der Waals surface area contributed by atoms with Crippen LogP contribution in [0, 0.1) is 15.5 Å². The molecule has 1 heterocycles. The summed E-state index contributed by atoms with van der Waals surface area (Å²) in [5.74, 6) is 0. The van der Waals surface area contributed by atoms with Gasteiger partial charge in [0.1, 0.15) is 0 Å². The fourth-order valence-electron chi connectivity index (χ4n) is 2.45.